The van der Waals surface area contributed by atoms with Gasteiger partial charge in [0.25, 0.3) is 5.69 Å². The Morgan fingerprint density at radius 1 is 1.45 bits per heavy atom. The average molecular weight is 300 g/mol. The Balaban J connectivity index is 1.98. The number of benzene rings is 1. The van der Waals surface area contributed by atoms with E-state index in [1.54, 1.807) is 0 Å². The van der Waals surface area contributed by atoms with E-state index < -0.39 is 10.9 Å². The van der Waals surface area contributed by atoms with E-state index in [2.05, 4.69) is 0 Å². The normalized spacial score (nSPS) is 15.8. The van der Waals surface area contributed by atoms with Crippen LogP contribution in [0.5, 0.6) is 0 Å². The molecule has 1 aromatic carbocycles. The maximum absolute atomic E-state index is 11.9. The van der Waals surface area contributed by atoms with Crippen LogP contribution in [0.1, 0.15) is 23.2 Å². The molecule has 1 aliphatic heterocycles. The van der Waals surface area contributed by atoms with E-state index >= 15 is 0 Å². The third-order valence-corrected chi connectivity index (χ3v) is 3.49. The van der Waals surface area contributed by atoms with E-state index in [1.165, 1.54) is 12.1 Å². The molecule has 1 fully saturated rings. The minimum absolute atomic E-state index is 0.00372. The average Bonchev–Trinajstić information content (AvgIpc) is 2.46. The van der Waals surface area contributed by atoms with Crippen LogP contribution in [0.2, 0.25) is 5.02 Å². The van der Waals surface area contributed by atoms with E-state index in [9.17, 15) is 14.9 Å². The molecule has 0 unspecified atom stereocenters. The van der Waals surface area contributed by atoms with Crippen molar-refractivity contribution in [3.05, 3.63) is 38.9 Å². The SMILES string of the molecule is O=C(OCC1CCOCC1)c1ccc(Cl)c([N+](=O)[O-])c1. The number of carbonyl (C=O) groups is 1. The molecule has 0 atom stereocenters. The maximum Gasteiger partial charge on any atom is 0.338 e. The molecule has 1 heterocycles. The third-order valence-electron chi connectivity index (χ3n) is 3.17. The molecule has 1 aromatic rings. The fourth-order valence-corrected chi connectivity index (χ4v) is 2.16. The fourth-order valence-electron chi connectivity index (χ4n) is 1.97. The number of hydrogen-bond acceptors (Lipinski definition) is 5. The summed E-state index contributed by atoms with van der Waals surface area (Å²) in [7, 11) is 0. The van der Waals surface area contributed by atoms with Crippen LogP contribution in [-0.2, 0) is 9.47 Å². The number of esters is 1. The predicted molar refractivity (Wildman–Crippen MR) is 71.9 cm³/mol. The second kappa shape index (κ2) is 6.67. The summed E-state index contributed by atoms with van der Waals surface area (Å²) >= 11 is 5.69. The van der Waals surface area contributed by atoms with Gasteiger partial charge in [-0.25, -0.2) is 4.79 Å². The molecule has 0 amide bonds. The third kappa shape index (κ3) is 3.68. The van der Waals surface area contributed by atoms with Crippen molar-refractivity contribution >= 4 is 23.3 Å². The standard InChI is InChI=1S/C13H14ClNO5/c14-11-2-1-10(7-12(11)15(17)18)13(16)20-8-9-3-5-19-6-4-9/h1-2,7,9H,3-6,8H2. The molecule has 0 radical (unpaired) electrons. The number of hydrogen-bond donors (Lipinski definition) is 0. The van der Waals surface area contributed by atoms with Gasteiger partial charge in [0.1, 0.15) is 5.02 Å². The van der Waals surface area contributed by atoms with Gasteiger partial charge in [-0.05, 0) is 30.9 Å². The summed E-state index contributed by atoms with van der Waals surface area (Å²) in [6, 6.07) is 3.88. The summed E-state index contributed by atoms with van der Waals surface area (Å²) in [6.45, 7) is 1.65. The fraction of sp³-hybridized carbons (Fsp3) is 0.462. The number of nitro groups is 1. The van der Waals surface area contributed by atoms with Crippen LogP contribution in [0.3, 0.4) is 0 Å². The van der Waals surface area contributed by atoms with Crippen LogP contribution in [0.15, 0.2) is 18.2 Å². The lowest BCUT2D eigenvalue weighted by molar-refractivity contribution is -0.384. The number of rotatable bonds is 4. The lowest BCUT2D eigenvalue weighted by atomic mass is 10.0. The van der Waals surface area contributed by atoms with E-state index in [1.807, 2.05) is 0 Å². The van der Waals surface area contributed by atoms with Crippen LogP contribution in [0.4, 0.5) is 5.69 Å². The first-order chi connectivity index (χ1) is 9.58. The van der Waals surface area contributed by atoms with Crippen LogP contribution in [0.25, 0.3) is 0 Å². The molecule has 0 N–H and O–H groups in total. The highest BCUT2D eigenvalue weighted by Crippen LogP contribution is 2.25. The molecule has 0 bridgehead atoms. The van der Waals surface area contributed by atoms with Gasteiger partial charge in [-0.3, -0.25) is 10.1 Å². The minimum atomic E-state index is -0.627. The van der Waals surface area contributed by atoms with Crippen molar-refractivity contribution in [3.63, 3.8) is 0 Å². The van der Waals surface area contributed by atoms with Crippen molar-refractivity contribution in [3.8, 4) is 0 Å². The van der Waals surface area contributed by atoms with Crippen molar-refractivity contribution in [1.82, 2.24) is 0 Å². The van der Waals surface area contributed by atoms with E-state index in [-0.39, 0.29) is 22.2 Å². The van der Waals surface area contributed by atoms with Gasteiger partial charge >= 0.3 is 5.97 Å². The van der Waals surface area contributed by atoms with Gasteiger partial charge in [-0.1, -0.05) is 11.6 Å². The van der Waals surface area contributed by atoms with Gasteiger partial charge in [0, 0.05) is 19.3 Å². The van der Waals surface area contributed by atoms with E-state index in [0.29, 0.717) is 19.8 Å². The number of halogens is 1. The van der Waals surface area contributed by atoms with Crippen molar-refractivity contribution in [1.29, 1.82) is 0 Å². The Morgan fingerprint density at radius 2 is 2.15 bits per heavy atom. The first-order valence-corrected chi connectivity index (χ1v) is 6.64. The number of ether oxygens (including phenoxy) is 2. The molecular formula is C13H14ClNO5. The highest BCUT2D eigenvalue weighted by atomic mass is 35.5. The second-order valence-corrected chi connectivity index (χ2v) is 4.98. The van der Waals surface area contributed by atoms with Gasteiger partial charge in [0.2, 0.25) is 0 Å². The highest BCUT2D eigenvalue weighted by Gasteiger charge is 2.19. The van der Waals surface area contributed by atoms with Crippen LogP contribution in [-0.4, -0.2) is 30.7 Å². The first-order valence-electron chi connectivity index (χ1n) is 6.26. The van der Waals surface area contributed by atoms with Gasteiger partial charge in [-0.2, -0.15) is 0 Å². The summed E-state index contributed by atoms with van der Waals surface area (Å²) < 4.78 is 10.4. The lowest BCUT2D eigenvalue weighted by Crippen LogP contribution is -2.21. The molecule has 0 aromatic heterocycles. The number of carbonyl (C=O) groups excluding carboxylic acids is 1. The summed E-state index contributed by atoms with van der Waals surface area (Å²) in [5.74, 6) is -0.286. The predicted octanol–water partition coefficient (Wildman–Crippen LogP) is 2.83. The summed E-state index contributed by atoms with van der Waals surface area (Å²) in [4.78, 5) is 22.0. The Kier molecular flexibility index (Phi) is 4.92. The summed E-state index contributed by atoms with van der Waals surface area (Å²) in [5.41, 5.74) is -0.166. The Morgan fingerprint density at radius 3 is 2.80 bits per heavy atom. The first kappa shape index (κ1) is 14.7. The summed E-state index contributed by atoms with van der Waals surface area (Å²) in [6.07, 6.45) is 1.71. The molecule has 108 valence electrons. The molecule has 1 saturated heterocycles. The Labute approximate surface area is 120 Å². The Bertz CT molecular complexity index is 513. The quantitative estimate of drug-likeness (QED) is 0.485. The van der Waals surface area contributed by atoms with Gasteiger partial charge < -0.3 is 9.47 Å². The monoisotopic (exact) mass is 299 g/mol. The molecule has 0 spiro atoms. The molecule has 6 nitrogen and oxygen atoms in total. The van der Waals surface area contributed by atoms with Gasteiger partial charge in [0.05, 0.1) is 17.1 Å². The molecule has 20 heavy (non-hydrogen) atoms. The molecule has 1 aliphatic rings. The Hall–Kier alpha value is -1.66. The zero-order valence-electron chi connectivity index (χ0n) is 10.7. The zero-order valence-corrected chi connectivity index (χ0v) is 11.5. The molecule has 7 heteroatoms. The van der Waals surface area contributed by atoms with Gasteiger partial charge in [-0.15, -0.1) is 0 Å². The van der Waals surface area contributed by atoms with E-state index in [0.717, 1.165) is 18.9 Å². The van der Waals surface area contributed by atoms with Crippen molar-refractivity contribution in [2.24, 2.45) is 5.92 Å². The zero-order chi connectivity index (χ0) is 14.5. The van der Waals surface area contributed by atoms with Crippen LogP contribution in [0, 0.1) is 16.0 Å². The second-order valence-electron chi connectivity index (χ2n) is 4.58. The lowest BCUT2D eigenvalue weighted by Gasteiger charge is -2.21. The van der Waals surface area contributed by atoms with Gasteiger partial charge in [0.15, 0.2) is 0 Å². The molecular weight excluding hydrogens is 286 g/mol. The number of nitrogens with zero attached hydrogens (tertiary/aromatic N) is 1. The van der Waals surface area contributed by atoms with Crippen molar-refractivity contribution < 1.29 is 19.2 Å². The smallest absolute Gasteiger partial charge is 0.338 e. The number of nitro benzene ring substituents is 1. The molecule has 0 saturated carbocycles. The van der Waals surface area contributed by atoms with Crippen molar-refractivity contribution in [2.75, 3.05) is 19.8 Å². The van der Waals surface area contributed by atoms with Crippen LogP contribution < -0.4 is 0 Å². The van der Waals surface area contributed by atoms with Crippen LogP contribution >= 0.6 is 11.6 Å². The van der Waals surface area contributed by atoms with Crippen molar-refractivity contribution in [2.45, 2.75) is 12.8 Å². The summed E-state index contributed by atoms with van der Waals surface area (Å²) in [5, 5.41) is 10.8. The molecule has 2 rings (SSSR count). The van der Waals surface area contributed by atoms with E-state index in [4.69, 9.17) is 21.1 Å². The minimum Gasteiger partial charge on any atom is -0.462 e. The molecule has 0 aliphatic carbocycles. The topological polar surface area (TPSA) is 78.7 Å². The highest BCUT2D eigenvalue weighted by molar-refractivity contribution is 6.32. The largest absolute Gasteiger partial charge is 0.462 e. The maximum atomic E-state index is 11.9.